The van der Waals surface area contributed by atoms with Gasteiger partial charge >= 0.3 is 11.9 Å². The summed E-state index contributed by atoms with van der Waals surface area (Å²) >= 11 is 0. The third-order valence-corrected chi connectivity index (χ3v) is 7.50. The van der Waals surface area contributed by atoms with E-state index in [1.165, 1.54) is 19.3 Å². The second-order valence-electron chi connectivity index (χ2n) is 11.8. The standard InChI is InChI=1S/C35H37FN2O6/c1-20-24-13-10-16-42-31(24)27(36)18-25(20)30-26-17-23(14-15-28(39)43-19-22-11-8-7-9-12-22)38-33(26)37-21(2)29(30)32(34(40)41-6)44-35(3,4)5/h7-9,11-12,14-15,17-18,32H,10,13,16,19H2,1-6H3,(H,37,38)/b15-14+/t32-/m0/s1. The Labute approximate surface area is 256 Å². The Morgan fingerprint density at radius 2 is 1.91 bits per heavy atom. The highest BCUT2D eigenvalue weighted by Crippen LogP contribution is 2.44. The predicted molar refractivity (Wildman–Crippen MR) is 166 cm³/mol. The first kappa shape index (κ1) is 30.9. The number of benzene rings is 2. The molecule has 0 saturated carbocycles. The van der Waals surface area contributed by atoms with Crippen molar-refractivity contribution in [2.45, 2.75) is 65.8 Å². The van der Waals surface area contributed by atoms with Gasteiger partial charge in [0.2, 0.25) is 0 Å². The van der Waals surface area contributed by atoms with E-state index >= 15 is 4.39 Å². The second-order valence-corrected chi connectivity index (χ2v) is 11.8. The van der Waals surface area contributed by atoms with Crippen molar-refractivity contribution in [2.75, 3.05) is 13.7 Å². The molecular formula is C35H37FN2O6. The molecular weight excluding hydrogens is 563 g/mol. The maximum absolute atomic E-state index is 15.6. The van der Waals surface area contributed by atoms with E-state index in [0.29, 0.717) is 52.1 Å². The van der Waals surface area contributed by atoms with Crippen LogP contribution in [0.15, 0.2) is 48.5 Å². The van der Waals surface area contributed by atoms with Crippen molar-refractivity contribution in [3.8, 4) is 16.9 Å². The van der Waals surface area contributed by atoms with Crippen LogP contribution in [0.1, 0.15) is 66.9 Å². The lowest BCUT2D eigenvalue weighted by atomic mass is 9.86. The number of esters is 2. The van der Waals surface area contributed by atoms with Gasteiger partial charge in [0.25, 0.3) is 0 Å². The number of carbonyl (C=O) groups excluding carboxylic acids is 2. The van der Waals surface area contributed by atoms with E-state index in [9.17, 15) is 9.59 Å². The Bertz CT molecular complexity index is 1740. The molecule has 1 aliphatic rings. The van der Waals surface area contributed by atoms with E-state index in [-0.39, 0.29) is 12.4 Å². The van der Waals surface area contributed by atoms with E-state index in [2.05, 4.69) is 4.98 Å². The molecule has 0 aliphatic carbocycles. The van der Waals surface area contributed by atoms with Gasteiger partial charge in [-0.05, 0) is 82.4 Å². The predicted octanol–water partition coefficient (Wildman–Crippen LogP) is 7.10. The molecule has 1 aliphatic heterocycles. The smallest absolute Gasteiger partial charge is 0.339 e. The molecule has 1 atom stereocenters. The molecule has 0 bridgehead atoms. The number of aryl methyl sites for hydroxylation is 1. The molecule has 0 amide bonds. The number of fused-ring (bicyclic) bond motifs is 2. The van der Waals surface area contributed by atoms with Crippen LogP contribution in [0.4, 0.5) is 4.39 Å². The van der Waals surface area contributed by atoms with Crippen molar-refractivity contribution in [3.05, 3.63) is 88.0 Å². The van der Waals surface area contributed by atoms with Crippen LogP contribution in [0.2, 0.25) is 0 Å². The molecule has 0 radical (unpaired) electrons. The maximum Gasteiger partial charge on any atom is 0.339 e. The zero-order chi connectivity index (χ0) is 31.6. The number of halogens is 1. The van der Waals surface area contributed by atoms with E-state index in [4.69, 9.17) is 23.9 Å². The molecule has 44 heavy (non-hydrogen) atoms. The molecule has 4 aromatic rings. The summed E-state index contributed by atoms with van der Waals surface area (Å²) in [5, 5.41) is 0.633. The van der Waals surface area contributed by atoms with Gasteiger partial charge in [-0.15, -0.1) is 0 Å². The zero-order valence-corrected chi connectivity index (χ0v) is 25.9. The summed E-state index contributed by atoms with van der Waals surface area (Å²) in [6.45, 7) is 9.87. The van der Waals surface area contributed by atoms with Gasteiger partial charge < -0.3 is 23.9 Å². The molecule has 2 aromatic carbocycles. The first-order chi connectivity index (χ1) is 21.0. The molecule has 9 heteroatoms. The molecule has 0 unspecified atom stereocenters. The molecule has 230 valence electrons. The van der Waals surface area contributed by atoms with E-state index in [1.807, 2.05) is 64.1 Å². The lowest BCUT2D eigenvalue weighted by molar-refractivity contribution is -0.164. The molecule has 1 N–H and O–H groups in total. The van der Waals surface area contributed by atoms with Gasteiger partial charge in [0.15, 0.2) is 17.7 Å². The highest BCUT2D eigenvalue weighted by atomic mass is 19.1. The minimum absolute atomic E-state index is 0.153. The van der Waals surface area contributed by atoms with Gasteiger partial charge in [0.1, 0.15) is 12.3 Å². The molecule has 5 rings (SSSR count). The second kappa shape index (κ2) is 12.6. The van der Waals surface area contributed by atoms with Crippen LogP contribution >= 0.6 is 0 Å². The molecule has 2 aromatic heterocycles. The van der Waals surface area contributed by atoms with Crippen LogP contribution in [0, 0.1) is 19.7 Å². The van der Waals surface area contributed by atoms with Gasteiger partial charge in [0, 0.05) is 39.5 Å². The monoisotopic (exact) mass is 600 g/mol. The Morgan fingerprint density at radius 3 is 2.61 bits per heavy atom. The zero-order valence-electron chi connectivity index (χ0n) is 25.9. The lowest BCUT2D eigenvalue weighted by Crippen LogP contribution is -2.29. The highest BCUT2D eigenvalue weighted by Gasteiger charge is 2.34. The molecule has 0 fully saturated rings. The van der Waals surface area contributed by atoms with Gasteiger partial charge in [-0.25, -0.2) is 19.0 Å². The van der Waals surface area contributed by atoms with Crippen molar-refractivity contribution in [2.24, 2.45) is 0 Å². The topological polar surface area (TPSA) is 99.7 Å². The first-order valence-corrected chi connectivity index (χ1v) is 14.6. The average molecular weight is 601 g/mol. The van der Waals surface area contributed by atoms with Crippen molar-refractivity contribution in [1.29, 1.82) is 0 Å². The number of hydrogen-bond acceptors (Lipinski definition) is 7. The van der Waals surface area contributed by atoms with Crippen LogP contribution < -0.4 is 4.74 Å². The summed E-state index contributed by atoms with van der Waals surface area (Å²) in [5.74, 6) is -1.31. The highest BCUT2D eigenvalue weighted by molar-refractivity contribution is 6.00. The van der Waals surface area contributed by atoms with Gasteiger partial charge in [-0.3, -0.25) is 0 Å². The van der Waals surface area contributed by atoms with Crippen LogP contribution in [-0.2, 0) is 36.8 Å². The van der Waals surface area contributed by atoms with Gasteiger partial charge in [0.05, 0.1) is 19.3 Å². The summed E-state index contributed by atoms with van der Waals surface area (Å²) in [7, 11) is 1.31. The van der Waals surface area contributed by atoms with Crippen molar-refractivity contribution >= 4 is 29.0 Å². The molecule has 0 saturated heterocycles. The van der Waals surface area contributed by atoms with E-state index < -0.39 is 29.5 Å². The summed E-state index contributed by atoms with van der Waals surface area (Å²) in [4.78, 5) is 33.8. The molecule has 8 nitrogen and oxygen atoms in total. The fourth-order valence-electron chi connectivity index (χ4n) is 5.54. The van der Waals surface area contributed by atoms with Crippen molar-refractivity contribution in [1.82, 2.24) is 9.97 Å². The summed E-state index contributed by atoms with van der Waals surface area (Å²) < 4.78 is 38.1. The summed E-state index contributed by atoms with van der Waals surface area (Å²) in [5.41, 5.74) is 5.08. The first-order valence-electron chi connectivity index (χ1n) is 14.6. The minimum atomic E-state index is -1.14. The SMILES string of the molecule is COC(=O)[C@@H](OC(C)(C)C)c1c(C)nc2[nH]c(/C=C/C(=O)OCc3ccccc3)cc2c1-c1cc(F)c2c(c1C)CCCO2. The minimum Gasteiger partial charge on any atom is -0.490 e. The largest absolute Gasteiger partial charge is 0.490 e. The Balaban J connectivity index is 1.65. The number of carbonyl (C=O) groups is 2. The number of pyridine rings is 1. The lowest BCUT2D eigenvalue weighted by Gasteiger charge is -2.29. The number of H-pyrrole nitrogens is 1. The van der Waals surface area contributed by atoms with Crippen LogP contribution in [0.5, 0.6) is 5.75 Å². The fraction of sp³-hybridized carbons (Fsp3) is 0.343. The van der Waals surface area contributed by atoms with Crippen LogP contribution in [0.25, 0.3) is 28.2 Å². The number of nitrogens with zero attached hydrogens (tertiary/aromatic N) is 1. The maximum atomic E-state index is 15.6. The quantitative estimate of drug-likeness (QED) is 0.170. The Hall–Kier alpha value is -4.50. The van der Waals surface area contributed by atoms with Gasteiger partial charge in [-0.2, -0.15) is 0 Å². The fourth-order valence-corrected chi connectivity index (χ4v) is 5.54. The Morgan fingerprint density at radius 1 is 1.16 bits per heavy atom. The van der Waals surface area contributed by atoms with E-state index in [0.717, 1.165) is 23.1 Å². The molecule has 3 heterocycles. The van der Waals surface area contributed by atoms with Crippen LogP contribution in [0.3, 0.4) is 0 Å². The third kappa shape index (κ3) is 6.53. The van der Waals surface area contributed by atoms with Crippen LogP contribution in [-0.4, -0.2) is 41.2 Å². The number of methoxy groups -OCH3 is 1. The number of hydrogen-bond donors (Lipinski definition) is 1. The summed E-state index contributed by atoms with van der Waals surface area (Å²) in [6, 6.07) is 12.7. The number of aromatic amines is 1. The van der Waals surface area contributed by atoms with Crippen molar-refractivity contribution < 1.29 is 32.9 Å². The van der Waals surface area contributed by atoms with Gasteiger partial charge in [-0.1, -0.05) is 30.3 Å². The number of ether oxygens (including phenoxy) is 4. The third-order valence-electron chi connectivity index (χ3n) is 7.50. The van der Waals surface area contributed by atoms with Crippen molar-refractivity contribution in [3.63, 3.8) is 0 Å². The number of rotatable bonds is 8. The number of aromatic nitrogens is 2. The van der Waals surface area contributed by atoms with E-state index in [1.54, 1.807) is 13.0 Å². The summed E-state index contributed by atoms with van der Waals surface area (Å²) in [6.07, 6.45) is 3.24. The Kier molecular flexibility index (Phi) is 8.87. The molecule has 0 spiro atoms. The average Bonchev–Trinajstić information content (AvgIpc) is 3.41. The normalized spacial score (nSPS) is 13.9. The number of nitrogens with one attached hydrogen (secondary N) is 1.